The van der Waals surface area contributed by atoms with E-state index in [0.29, 0.717) is 18.9 Å². The molecule has 122 valence electrons. The van der Waals surface area contributed by atoms with Crippen molar-refractivity contribution in [3.05, 3.63) is 41.0 Å². The van der Waals surface area contributed by atoms with Crippen molar-refractivity contribution in [2.45, 2.75) is 52.1 Å². The molecular weight excluding hydrogens is 292 g/mol. The summed E-state index contributed by atoms with van der Waals surface area (Å²) < 4.78 is 5.23. The summed E-state index contributed by atoms with van der Waals surface area (Å²) in [4.78, 5) is 15.8. The van der Waals surface area contributed by atoms with Gasteiger partial charge in [-0.05, 0) is 37.0 Å². The second-order valence-electron chi connectivity index (χ2n) is 5.92. The highest BCUT2D eigenvalue weighted by Gasteiger charge is 2.16. The third-order valence-corrected chi connectivity index (χ3v) is 4.07. The Morgan fingerprint density at radius 1 is 1.39 bits per heavy atom. The highest BCUT2D eigenvalue weighted by atomic mass is 16.5. The fourth-order valence-corrected chi connectivity index (χ4v) is 2.72. The van der Waals surface area contributed by atoms with Gasteiger partial charge in [0, 0.05) is 24.6 Å². The Morgan fingerprint density at radius 3 is 3.09 bits per heavy atom. The van der Waals surface area contributed by atoms with Crippen LogP contribution in [0, 0.1) is 0 Å². The third-order valence-electron chi connectivity index (χ3n) is 4.07. The van der Waals surface area contributed by atoms with Crippen LogP contribution in [0.4, 0.5) is 5.69 Å². The van der Waals surface area contributed by atoms with Gasteiger partial charge in [0.15, 0.2) is 5.82 Å². The second kappa shape index (κ2) is 6.91. The van der Waals surface area contributed by atoms with Crippen molar-refractivity contribution in [3.8, 4) is 0 Å². The summed E-state index contributed by atoms with van der Waals surface area (Å²) in [6.45, 7) is 4.74. The number of carbonyl (C=O) groups is 1. The summed E-state index contributed by atoms with van der Waals surface area (Å²) in [6.07, 6.45) is 3.20. The predicted octanol–water partition coefficient (Wildman–Crippen LogP) is 2.76. The molecule has 0 radical (unpaired) electrons. The second-order valence-corrected chi connectivity index (χ2v) is 5.92. The molecule has 1 aromatic heterocycles. The van der Waals surface area contributed by atoms with Crippen molar-refractivity contribution in [2.75, 3.05) is 5.32 Å². The SMILES string of the molecule is CCCc1noc(CN[C@@H](C)c2ccc3c(c2)CCC(=O)N3)n1. The minimum absolute atomic E-state index is 0.0932. The summed E-state index contributed by atoms with van der Waals surface area (Å²) >= 11 is 0. The van der Waals surface area contributed by atoms with Gasteiger partial charge in [0.1, 0.15) is 0 Å². The summed E-state index contributed by atoms with van der Waals surface area (Å²) in [5.41, 5.74) is 3.31. The number of nitrogens with one attached hydrogen (secondary N) is 2. The number of nitrogens with zero attached hydrogens (tertiary/aromatic N) is 2. The van der Waals surface area contributed by atoms with Crippen LogP contribution >= 0.6 is 0 Å². The molecule has 1 aromatic carbocycles. The number of amides is 1. The van der Waals surface area contributed by atoms with Crippen LogP contribution in [0.1, 0.15) is 55.6 Å². The van der Waals surface area contributed by atoms with E-state index < -0.39 is 0 Å². The van der Waals surface area contributed by atoms with Crippen molar-refractivity contribution in [2.24, 2.45) is 0 Å². The smallest absolute Gasteiger partial charge is 0.240 e. The van der Waals surface area contributed by atoms with E-state index in [9.17, 15) is 4.79 Å². The number of carbonyl (C=O) groups excluding carboxylic acids is 1. The van der Waals surface area contributed by atoms with E-state index in [1.807, 2.05) is 12.1 Å². The lowest BCUT2D eigenvalue weighted by atomic mass is 9.98. The Labute approximate surface area is 135 Å². The van der Waals surface area contributed by atoms with Gasteiger partial charge in [0.2, 0.25) is 11.8 Å². The van der Waals surface area contributed by atoms with Gasteiger partial charge in [-0.1, -0.05) is 24.2 Å². The molecule has 6 heteroatoms. The standard InChI is InChI=1S/C17H22N4O2/c1-3-4-15-20-17(23-21-15)10-18-11(2)12-5-7-14-13(9-12)6-8-16(22)19-14/h5,7,9,11,18H,3-4,6,8,10H2,1-2H3,(H,19,22)/t11-/m0/s1. The Hall–Kier alpha value is -2.21. The van der Waals surface area contributed by atoms with Crippen LogP contribution in [0.15, 0.2) is 22.7 Å². The molecule has 1 aliphatic heterocycles. The van der Waals surface area contributed by atoms with E-state index in [1.165, 1.54) is 11.1 Å². The fraction of sp³-hybridized carbons (Fsp3) is 0.471. The topological polar surface area (TPSA) is 80.0 Å². The number of fused-ring (bicyclic) bond motifs is 1. The molecule has 1 aliphatic rings. The van der Waals surface area contributed by atoms with Crippen LogP contribution in [0.5, 0.6) is 0 Å². The van der Waals surface area contributed by atoms with E-state index in [2.05, 4.69) is 40.7 Å². The zero-order valence-corrected chi connectivity index (χ0v) is 13.6. The molecule has 2 heterocycles. The van der Waals surface area contributed by atoms with Crippen LogP contribution < -0.4 is 10.6 Å². The van der Waals surface area contributed by atoms with E-state index in [1.54, 1.807) is 0 Å². The van der Waals surface area contributed by atoms with Gasteiger partial charge in [-0.2, -0.15) is 4.98 Å². The van der Waals surface area contributed by atoms with Gasteiger partial charge in [0.25, 0.3) is 0 Å². The average molecular weight is 314 g/mol. The van der Waals surface area contributed by atoms with Gasteiger partial charge >= 0.3 is 0 Å². The van der Waals surface area contributed by atoms with Gasteiger partial charge in [-0.15, -0.1) is 0 Å². The number of aryl methyl sites for hydroxylation is 2. The maximum Gasteiger partial charge on any atom is 0.240 e. The molecule has 0 bridgehead atoms. The Balaban J connectivity index is 1.61. The number of hydrogen-bond donors (Lipinski definition) is 2. The maximum absolute atomic E-state index is 11.4. The first-order chi connectivity index (χ1) is 11.2. The van der Waals surface area contributed by atoms with E-state index >= 15 is 0 Å². The molecule has 6 nitrogen and oxygen atoms in total. The molecule has 0 fully saturated rings. The molecule has 23 heavy (non-hydrogen) atoms. The van der Waals surface area contributed by atoms with Crippen molar-refractivity contribution in [1.29, 1.82) is 0 Å². The van der Waals surface area contributed by atoms with Gasteiger partial charge < -0.3 is 15.2 Å². The van der Waals surface area contributed by atoms with Gasteiger partial charge in [-0.3, -0.25) is 4.79 Å². The zero-order chi connectivity index (χ0) is 16.2. The van der Waals surface area contributed by atoms with Crippen molar-refractivity contribution >= 4 is 11.6 Å². The number of hydrogen-bond acceptors (Lipinski definition) is 5. The number of benzene rings is 1. The summed E-state index contributed by atoms with van der Waals surface area (Å²) in [5, 5.41) is 10.3. The molecule has 0 aliphatic carbocycles. The summed E-state index contributed by atoms with van der Waals surface area (Å²) in [7, 11) is 0. The largest absolute Gasteiger partial charge is 0.338 e. The highest BCUT2D eigenvalue weighted by molar-refractivity contribution is 5.93. The van der Waals surface area contributed by atoms with Crippen LogP contribution in [0.3, 0.4) is 0 Å². The molecule has 1 atom stereocenters. The first-order valence-corrected chi connectivity index (χ1v) is 8.13. The molecule has 2 N–H and O–H groups in total. The van der Waals surface area contributed by atoms with Gasteiger partial charge in [-0.25, -0.2) is 0 Å². The Morgan fingerprint density at radius 2 is 2.26 bits per heavy atom. The van der Waals surface area contributed by atoms with Crippen LogP contribution in [-0.4, -0.2) is 16.0 Å². The van der Waals surface area contributed by atoms with Crippen molar-refractivity contribution in [3.63, 3.8) is 0 Å². The Bertz CT molecular complexity index is 696. The van der Waals surface area contributed by atoms with E-state index in [-0.39, 0.29) is 11.9 Å². The predicted molar refractivity (Wildman–Crippen MR) is 86.9 cm³/mol. The molecule has 3 rings (SSSR count). The zero-order valence-electron chi connectivity index (χ0n) is 13.6. The number of aromatic nitrogens is 2. The lowest BCUT2D eigenvalue weighted by Gasteiger charge is -2.20. The van der Waals surface area contributed by atoms with Crippen LogP contribution in [0.25, 0.3) is 0 Å². The number of anilines is 1. The van der Waals surface area contributed by atoms with Crippen molar-refractivity contribution in [1.82, 2.24) is 15.5 Å². The third kappa shape index (κ3) is 3.76. The minimum atomic E-state index is 0.0932. The molecular formula is C17H22N4O2. The minimum Gasteiger partial charge on any atom is -0.338 e. The van der Waals surface area contributed by atoms with Crippen LogP contribution in [0.2, 0.25) is 0 Å². The van der Waals surface area contributed by atoms with Crippen LogP contribution in [-0.2, 0) is 24.2 Å². The number of rotatable bonds is 6. The molecule has 1 amide bonds. The molecule has 0 spiro atoms. The fourth-order valence-electron chi connectivity index (χ4n) is 2.72. The first-order valence-electron chi connectivity index (χ1n) is 8.13. The van der Waals surface area contributed by atoms with E-state index in [4.69, 9.17) is 4.52 Å². The maximum atomic E-state index is 11.4. The molecule has 2 aromatic rings. The Kier molecular flexibility index (Phi) is 4.71. The monoisotopic (exact) mass is 314 g/mol. The van der Waals surface area contributed by atoms with E-state index in [0.717, 1.165) is 30.8 Å². The van der Waals surface area contributed by atoms with Crippen molar-refractivity contribution < 1.29 is 9.32 Å². The average Bonchev–Trinajstić information content (AvgIpc) is 3.00. The lowest BCUT2D eigenvalue weighted by molar-refractivity contribution is -0.116. The lowest BCUT2D eigenvalue weighted by Crippen LogP contribution is -2.21. The highest BCUT2D eigenvalue weighted by Crippen LogP contribution is 2.26. The summed E-state index contributed by atoms with van der Waals surface area (Å²) in [5.74, 6) is 1.47. The molecule has 0 saturated carbocycles. The van der Waals surface area contributed by atoms with Gasteiger partial charge in [0.05, 0.1) is 6.54 Å². The first kappa shape index (κ1) is 15.7. The normalized spacial score (nSPS) is 15.1. The summed E-state index contributed by atoms with van der Waals surface area (Å²) in [6, 6.07) is 6.34. The molecule has 0 saturated heterocycles. The molecule has 0 unspecified atom stereocenters. The quantitative estimate of drug-likeness (QED) is 0.857.